The molecule has 0 fully saturated rings. The van der Waals surface area contributed by atoms with Crippen LogP contribution in [0.5, 0.6) is 11.8 Å². The molecule has 88 valence electrons. The van der Waals surface area contributed by atoms with Crippen LogP contribution in [0.2, 0.25) is 0 Å². The van der Waals surface area contributed by atoms with Gasteiger partial charge in [-0.15, -0.1) is 0 Å². The molecule has 1 rings (SSSR count). The van der Waals surface area contributed by atoms with E-state index in [0.717, 1.165) is 5.56 Å². The fourth-order valence-corrected chi connectivity index (χ4v) is 1.30. The minimum atomic E-state index is -0.447. The molecule has 0 bridgehead atoms. The van der Waals surface area contributed by atoms with E-state index in [1.54, 1.807) is 19.9 Å². The number of pyridine rings is 1. The highest BCUT2D eigenvalue weighted by molar-refractivity contribution is 5.92. The largest absolute Gasteiger partial charge is 0.481 e. The van der Waals surface area contributed by atoms with Crippen LogP contribution in [0.3, 0.4) is 0 Å². The molecule has 0 aliphatic heterocycles. The van der Waals surface area contributed by atoms with E-state index < -0.39 is 5.97 Å². The Morgan fingerprint density at radius 3 is 2.44 bits per heavy atom. The van der Waals surface area contributed by atoms with Crippen LogP contribution in [-0.4, -0.2) is 31.8 Å². The molecule has 16 heavy (non-hydrogen) atoms. The minimum absolute atomic E-state index is 0.209. The van der Waals surface area contributed by atoms with Crippen LogP contribution in [-0.2, 0) is 4.74 Å². The highest BCUT2D eigenvalue weighted by atomic mass is 16.5. The van der Waals surface area contributed by atoms with E-state index in [0.29, 0.717) is 18.1 Å². The number of hydrogen-bond donors (Lipinski definition) is 0. The fraction of sp³-hybridized carbons (Fsp3) is 0.455. The number of esters is 1. The molecule has 0 amide bonds. The van der Waals surface area contributed by atoms with Crippen molar-refractivity contribution in [2.24, 2.45) is 0 Å². The molecule has 0 saturated carbocycles. The van der Waals surface area contributed by atoms with Gasteiger partial charge < -0.3 is 14.2 Å². The van der Waals surface area contributed by atoms with Gasteiger partial charge >= 0.3 is 5.97 Å². The van der Waals surface area contributed by atoms with Gasteiger partial charge in [-0.2, -0.15) is 4.98 Å². The van der Waals surface area contributed by atoms with Crippen LogP contribution in [0, 0.1) is 6.92 Å². The zero-order valence-corrected chi connectivity index (χ0v) is 9.86. The number of nitrogens with zero attached hydrogens (tertiary/aromatic N) is 1. The van der Waals surface area contributed by atoms with Crippen LogP contribution in [0.25, 0.3) is 0 Å². The predicted octanol–water partition coefficient (Wildman–Crippen LogP) is 1.58. The van der Waals surface area contributed by atoms with Crippen LogP contribution in [0.1, 0.15) is 22.8 Å². The van der Waals surface area contributed by atoms with Gasteiger partial charge in [-0.3, -0.25) is 0 Å². The lowest BCUT2D eigenvalue weighted by Gasteiger charge is -2.10. The second kappa shape index (κ2) is 5.34. The van der Waals surface area contributed by atoms with Crippen molar-refractivity contribution in [3.8, 4) is 11.8 Å². The first kappa shape index (κ1) is 12.3. The Balaban J connectivity index is 3.17. The molecule has 1 heterocycles. The molecule has 0 aliphatic rings. The van der Waals surface area contributed by atoms with E-state index in [1.807, 2.05) is 0 Å². The van der Waals surface area contributed by atoms with Crippen LogP contribution in [0.15, 0.2) is 6.07 Å². The summed E-state index contributed by atoms with van der Waals surface area (Å²) >= 11 is 0. The van der Waals surface area contributed by atoms with Gasteiger partial charge in [0.15, 0.2) is 0 Å². The van der Waals surface area contributed by atoms with Crippen molar-refractivity contribution in [1.82, 2.24) is 4.98 Å². The Kier molecular flexibility index (Phi) is 4.10. The van der Waals surface area contributed by atoms with Crippen molar-refractivity contribution in [2.45, 2.75) is 13.8 Å². The third-order valence-electron chi connectivity index (χ3n) is 2.01. The average Bonchev–Trinajstić information content (AvgIpc) is 2.29. The van der Waals surface area contributed by atoms with Crippen molar-refractivity contribution in [2.75, 3.05) is 20.8 Å². The van der Waals surface area contributed by atoms with Crippen LogP contribution in [0.4, 0.5) is 0 Å². The third kappa shape index (κ3) is 2.42. The first-order valence-electron chi connectivity index (χ1n) is 4.90. The highest BCUT2D eigenvalue weighted by Gasteiger charge is 2.17. The Bertz CT molecular complexity index is 390. The number of carbonyl (C=O) groups is 1. The predicted molar refractivity (Wildman–Crippen MR) is 58.0 cm³/mol. The average molecular weight is 225 g/mol. The molecular weight excluding hydrogens is 210 g/mol. The maximum absolute atomic E-state index is 11.6. The zero-order valence-electron chi connectivity index (χ0n) is 9.86. The molecule has 0 saturated heterocycles. The van der Waals surface area contributed by atoms with Crippen molar-refractivity contribution in [3.63, 3.8) is 0 Å². The van der Waals surface area contributed by atoms with Crippen molar-refractivity contribution in [3.05, 3.63) is 17.2 Å². The maximum atomic E-state index is 11.6. The van der Waals surface area contributed by atoms with E-state index in [-0.39, 0.29) is 5.88 Å². The summed E-state index contributed by atoms with van der Waals surface area (Å²) in [6, 6.07) is 1.64. The lowest BCUT2D eigenvalue weighted by atomic mass is 10.2. The van der Waals surface area contributed by atoms with Gasteiger partial charge in [0.1, 0.15) is 5.56 Å². The van der Waals surface area contributed by atoms with Crippen molar-refractivity contribution >= 4 is 5.97 Å². The Morgan fingerprint density at radius 2 is 1.94 bits per heavy atom. The quantitative estimate of drug-likeness (QED) is 0.728. The normalized spacial score (nSPS) is 9.75. The number of carbonyl (C=O) groups excluding carboxylic acids is 1. The van der Waals surface area contributed by atoms with Gasteiger partial charge in [-0.05, 0) is 19.9 Å². The molecule has 0 spiro atoms. The Hall–Kier alpha value is -1.78. The number of aromatic nitrogens is 1. The monoisotopic (exact) mass is 225 g/mol. The van der Waals surface area contributed by atoms with Gasteiger partial charge in [-0.1, -0.05) is 0 Å². The van der Waals surface area contributed by atoms with Crippen LogP contribution < -0.4 is 9.47 Å². The van der Waals surface area contributed by atoms with Crippen LogP contribution >= 0.6 is 0 Å². The van der Waals surface area contributed by atoms with Crippen molar-refractivity contribution in [1.29, 1.82) is 0 Å². The van der Waals surface area contributed by atoms with E-state index in [4.69, 9.17) is 14.2 Å². The van der Waals surface area contributed by atoms with Gasteiger partial charge in [0.2, 0.25) is 11.8 Å². The summed E-state index contributed by atoms with van der Waals surface area (Å²) in [5.74, 6) is 0.198. The number of hydrogen-bond acceptors (Lipinski definition) is 5. The number of methoxy groups -OCH3 is 2. The van der Waals surface area contributed by atoms with E-state index >= 15 is 0 Å². The smallest absolute Gasteiger partial charge is 0.343 e. The summed E-state index contributed by atoms with van der Waals surface area (Å²) in [7, 11) is 2.96. The number of ether oxygens (including phenoxy) is 3. The summed E-state index contributed by atoms with van der Waals surface area (Å²) in [6.07, 6.45) is 0. The maximum Gasteiger partial charge on any atom is 0.343 e. The lowest BCUT2D eigenvalue weighted by Crippen LogP contribution is -2.09. The Morgan fingerprint density at radius 1 is 1.31 bits per heavy atom. The Labute approximate surface area is 94.3 Å². The molecule has 0 radical (unpaired) electrons. The molecule has 0 N–H and O–H groups in total. The van der Waals surface area contributed by atoms with Gasteiger partial charge in [-0.25, -0.2) is 4.79 Å². The second-order valence-corrected chi connectivity index (χ2v) is 3.09. The standard InChI is InChI=1S/C11H15NO4/c1-5-16-11(13)8-6-7(2)9(14-3)12-10(8)15-4/h6H,5H2,1-4H3. The number of aryl methyl sites for hydroxylation is 1. The first-order chi connectivity index (χ1) is 7.63. The lowest BCUT2D eigenvalue weighted by molar-refractivity contribution is 0.0521. The molecule has 1 aromatic heterocycles. The molecule has 0 atom stereocenters. The summed E-state index contributed by atoms with van der Waals surface area (Å²) < 4.78 is 15.0. The summed E-state index contributed by atoms with van der Waals surface area (Å²) in [4.78, 5) is 15.7. The molecule has 5 nitrogen and oxygen atoms in total. The summed E-state index contributed by atoms with van der Waals surface area (Å²) in [6.45, 7) is 3.86. The third-order valence-corrected chi connectivity index (χ3v) is 2.01. The number of rotatable bonds is 4. The minimum Gasteiger partial charge on any atom is -0.481 e. The zero-order chi connectivity index (χ0) is 12.1. The summed E-state index contributed by atoms with van der Waals surface area (Å²) in [5, 5.41) is 0. The van der Waals surface area contributed by atoms with E-state index in [9.17, 15) is 4.79 Å². The molecule has 0 aromatic carbocycles. The van der Waals surface area contributed by atoms with Gasteiger partial charge in [0, 0.05) is 5.56 Å². The molecule has 0 unspecified atom stereocenters. The molecule has 0 aliphatic carbocycles. The van der Waals surface area contributed by atoms with Gasteiger partial charge in [0.25, 0.3) is 0 Å². The molecular formula is C11H15NO4. The molecule has 1 aromatic rings. The first-order valence-corrected chi connectivity index (χ1v) is 4.90. The topological polar surface area (TPSA) is 57.7 Å². The summed E-state index contributed by atoms with van der Waals surface area (Å²) in [5.41, 5.74) is 1.06. The van der Waals surface area contributed by atoms with E-state index in [1.165, 1.54) is 14.2 Å². The van der Waals surface area contributed by atoms with Gasteiger partial charge in [0.05, 0.1) is 20.8 Å². The SMILES string of the molecule is CCOC(=O)c1cc(C)c(OC)nc1OC. The molecule has 5 heteroatoms. The second-order valence-electron chi connectivity index (χ2n) is 3.09. The van der Waals surface area contributed by atoms with E-state index in [2.05, 4.69) is 4.98 Å². The highest BCUT2D eigenvalue weighted by Crippen LogP contribution is 2.24. The fourth-order valence-electron chi connectivity index (χ4n) is 1.30. The van der Waals surface area contributed by atoms with Crippen molar-refractivity contribution < 1.29 is 19.0 Å².